The number of aromatic nitrogens is 1. The first-order valence-electron chi connectivity index (χ1n) is 9.44. The number of rotatable bonds is 8. The van der Waals surface area contributed by atoms with E-state index in [1.54, 1.807) is 25.5 Å². The number of hydrogen-bond donors (Lipinski definition) is 1. The standard InChI is InChI=1S/C21H27N3O4/c1-15-11-17(16(2)24(15)13-18-7-6-10-27-18)12-22-23-21(25)14-28-20-9-5-4-8-19(20)26-3/h4-5,8-9,11-12,18H,6-7,10,13-14H2,1-3H3,(H,23,25)/b22-12-/t18-/m1/s1. The van der Waals surface area contributed by atoms with Gasteiger partial charge in [-0.1, -0.05) is 12.1 Å². The van der Waals surface area contributed by atoms with Gasteiger partial charge in [0.15, 0.2) is 18.1 Å². The zero-order valence-electron chi connectivity index (χ0n) is 16.6. The van der Waals surface area contributed by atoms with E-state index in [2.05, 4.69) is 35.0 Å². The summed E-state index contributed by atoms with van der Waals surface area (Å²) in [5.74, 6) is 0.759. The lowest BCUT2D eigenvalue weighted by Crippen LogP contribution is -2.24. The van der Waals surface area contributed by atoms with Gasteiger partial charge in [0, 0.05) is 30.1 Å². The fraction of sp³-hybridized carbons (Fsp3) is 0.429. The SMILES string of the molecule is COc1ccccc1OCC(=O)N/N=C\c1cc(C)n(C[C@H]2CCCO2)c1C. The van der Waals surface area contributed by atoms with Gasteiger partial charge in [0.05, 0.1) is 19.4 Å². The molecule has 1 fully saturated rings. The van der Waals surface area contributed by atoms with Gasteiger partial charge in [-0.3, -0.25) is 4.79 Å². The number of aryl methyl sites for hydroxylation is 1. The van der Waals surface area contributed by atoms with Gasteiger partial charge in [-0.2, -0.15) is 5.10 Å². The highest BCUT2D eigenvalue weighted by Gasteiger charge is 2.18. The van der Waals surface area contributed by atoms with Gasteiger partial charge in [0.2, 0.25) is 0 Å². The molecule has 1 atom stereocenters. The van der Waals surface area contributed by atoms with Crippen molar-refractivity contribution in [3.05, 3.63) is 47.3 Å². The van der Waals surface area contributed by atoms with Gasteiger partial charge in [-0.15, -0.1) is 0 Å². The Morgan fingerprint density at radius 3 is 2.86 bits per heavy atom. The third-order valence-electron chi connectivity index (χ3n) is 4.84. The summed E-state index contributed by atoms with van der Waals surface area (Å²) in [7, 11) is 1.56. The van der Waals surface area contributed by atoms with E-state index in [4.69, 9.17) is 14.2 Å². The first-order chi connectivity index (χ1) is 13.6. The molecule has 1 aromatic heterocycles. The first kappa shape index (κ1) is 19.9. The first-order valence-corrected chi connectivity index (χ1v) is 9.44. The molecule has 150 valence electrons. The lowest BCUT2D eigenvalue weighted by molar-refractivity contribution is -0.123. The van der Waals surface area contributed by atoms with Crippen LogP contribution in [0.2, 0.25) is 0 Å². The van der Waals surface area contributed by atoms with E-state index in [1.165, 1.54) is 0 Å². The number of nitrogens with zero attached hydrogens (tertiary/aromatic N) is 2. The molecule has 1 aromatic carbocycles. The van der Waals surface area contributed by atoms with E-state index in [1.807, 2.05) is 12.1 Å². The fourth-order valence-corrected chi connectivity index (χ4v) is 3.32. The summed E-state index contributed by atoms with van der Waals surface area (Å²) in [4.78, 5) is 12.0. The number of ether oxygens (including phenoxy) is 3. The number of nitrogens with one attached hydrogen (secondary N) is 1. The molecule has 0 bridgehead atoms. The third kappa shape index (κ3) is 4.92. The monoisotopic (exact) mass is 385 g/mol. The Labute approximate surface area is 165 Å². The molecule has 0 radical (unpaired) electrons. The van der Waals surface area contributed by atoms with E-state index >= 15 is 0 Å². The van der Waals surface area contributed by atoms with Crippen LogP contribution < -0.4 is 14.9 Å². The lowest BCUT2D eigenvalue weighted by atomic mass is 10.2. The Morgan fingerprint density at radius 1 is 1.36 bits per heavy atom. The highest BCUT2D eigenvalue weighted by molar-refractivity contribution is 5.84. The molecule has 2 heterocycles. The van der Waals surface area contributed by atoms with Gasteiger partial charge >= 0.3 is 0 Å². The second-order valence-corrected chi connectivity index (χ2v) is 6.80. The van der Waals surface area contributed by atoms with E-state index in [0.29, 0.717) is 11.5 Å². The largest absolute Gasteiger partial charge is 0.493 e. The molecule has 1 aliphatic rings. The van der Waals surface area contributed by atoms with Crippen LogP contribution in [-0.4, -0.2) is 43.1 Å². The Bertz CT molecular complexity index is 838. The van der Waals surface area contributed by atoms with Crippen molar-refractivity contribution in [3.63, 3.8) is 0 Å². The van der Waals surface area contributed by atoms with Crippen LogP contribution in [0.1, 0.15) is 29.8 Å². The number of benzene rings is 1. The van der Waals surface area contributed by atoms with Crippen molar-refractivity contribution in [1.82, 2.24) is 9.99 Å². The summed E-state index contributed by atoms with van der Waals surface area (Å²) >= 11 is 0. The summed E-state index contributed by atoms with van der Waals surface area (Å²) in [5, 5.41) is 4.06. The summed E-state index contributed by atoms with van der Waals surface area (Å²) in [6, 6.07) is 9.24. The summed E-state index contributed by atoms with van der Waals surface area (Å²) in [6.45, 7) is 5.68. The van der Waals surface area contributed by atoms with Gasteiger partial charge in [-0.25, -0.2) is 5.43 Å². The van der Waals surface area contributed by atoms with Gasteiger partial charge in [-0.05, 0) is 44.9 Å². The van der Waals surface area contributed by atoms with Crippen molar-refractivity contribution >= 4 is 12.1 Å². The average Bonchev–Trinajstić information content (AvgIpc) is 3.31. The molecule has 0 saturated carbocycles. The summed E-state index contributed by atoms with van der Waals surface area (Å²) < 4.78 is 18.7. The quantitative estimate of drug-likeness (QED) is 0.560. The number of para-hydroxylation sites is 2. The third-order valence-corrected chi connectivity index (χ3v) is 4.84. The fourth-order valence-electron chi connectivity index (χ4n) is 3.32. The predicted molar refractivity (Wildman–Crippen MR) is 107 cm³/mol. The van der Waals surface area contributed by atoms with Crippen LogP contribution in [0.4, 0.5) is 0 Å². The molecule has 7 nitrogen and oxygen atoms in total. The molecule has 1 aliphatic heterocycles. The maximum absolute atomic E-state index is 12.0. The van der Waals surface area contributed by atoms with Crippen LogP contribution in [0.25, 0.3) is 0 Å². The zero-order valence-corrected chi connectivity index (χ0v) is 16.6. The number of hydrazone groups is 1. The van der Waals surface area contributed by atoms with Crippen LogP contribution in [0, 0.1) is 13.8 Å². The van der Waals surface area contributed by atoms with E-state index < -0.39 is 0 Å². The Balaban J connectivity index is 1.53. The normalized spacial score (nSPS) is 16.5. The van der Waals surface area contributed by atoms with Crippen LogP contribution in [0.3, 0.4) is 0 Å². The van der Waals surface area contributed by atoms with E-state index in [-0.39, 0.29) is 18.6 Å². The van der Waals surface area contributed by atoms with Crippen LogP contribution >= 0.6 is 0 Å². The maximum atomic E-state index is 12.0. The minimum atomic E-state index is -0.338. The van der Waals surface area contributed by atoms with Crippen molar-refractivity contribution in [1.29, 1.82) is 0 Å². The van der Waals surface area contributed by atoms with Gasteiger partial charge in [0.25, 0.3) is 5.91 Å². The molecule has 0 unspecified atom stereocenters. The summed E-state index contributed by atoms with van der Waals surface area (Å²) in [6.07, 6.45) is 4.17. The van der Waals surface area contributed by atoms with Crippen molar-refractivity contribution in [2.75, 3.05) is 20.3 Å². The van der Waals surface area contributed by atoms with E-state index in [9.17, 15) is 4.79 Å². The number of carbonyl (C=O) groups excluding carboxylic acids is 1. The number of carbonyl (C=O) groups is 1. The molecular formula is C21H27N3O4. The van der Waals surface area contributed by atoms with Crippen LogP contribution in [-0.2, 0) is 16.1 Å². The van der Waals surface area contributed by atoms with Crippen molar-refractivity contribution in [2.24, 2.45) is 5.10 Å². The average molecular weight is 385 g/mol. The van der Waals surface area contributed by atoms with Gasteiger partial charge in [0.1, 0.15) is 0 Å². The molecule has 1 amide bonds. The minimum Gasteiger partial charge on any atom is -0.493 e. The molecular weight excluding hydrogens is 358 g/mol. The van der Waals surface area contributed by atoms with Crippen LogP contribution in [0.5, 0.6) is 11.5 Å². The smallest absolute Gasteiger partial charge is 0.277 e. The Hall–Kier alpha value is -2.80. The topological polar surface area (TPSA) is 74.1 Å². The predicted octanol–water partition coefficient (Wildman–Crippen LogP) is 2.82. The van der Waals surface area contributed by atoms with Crippen molar-refractivity contribution in [2.45, 2.75) is 39.3 Å². The van der Waals surface area contributed by atoms with Crippen LogP contribution in [0.15, 0.2) is 35.4 Å². The number of amides is 1. The summed E-state index contributed by atoms with van der Waals surface area (Å²) in [5.41, 5.74) is 5.73. The minimum absolute atomic E-state index is 0.143. The molecule has 0 spiro atoms. The molecule has 7 heteroatoms. The second kappa shape index (κ2) is 9.41. The van der Waals surface area contributed by atoms with E-state index in [0.717, 1.165) is 42.9 Å². The maximum Gasteiger partial charge on any atom is 0.277 e. The Kier molecular flexibility index (Phi) is 6.71. The molecule has 0 aliphatic carbocycles. The molecule has 1 N–H and O–H groups in total. The van der Waals surface area contributed by atoms with Crippen molar-refractivity contribution in [3.8, 4) is 11.5 Å². The van der Waals surface area contributed by atoms with Gasteiger partial charge < -0.3 is 18.8 Å². The molecule has 28 heavy (non-hydrogen) atoms. The lowest BCUT2D eigenvalue weighted by Gasteiger charge is -2.14. The second-order valence-electron chi connectivity index (χ2n) is 6.80. The zero-order chi connectivity index (χ0) is 19.9. The molecule has 1 saturated heterocycles. The number of hydrogen-bond acceptors (Lipinski definition) is 5. The van der Waals surface area contributed by atoms with Crippen molar-refractivity contribution < 1.29 is 19.0 Å². The highest BCUT2D eigenvalue weighted by Crippen LogP contribution is 2.25. The number of methoxy groups -OCH3 is 1. The molecule has 2 aromatic rings. The highest BCUT2D eigenvalue weighted by atomic mass is 16.5. The molecule has 3 rings (SSSR count). The Morgan fingerprint density at radius 2 is 2.14 bits per heavy atom.